The zero-order valence-electron chi connectivity index (χ0n) is 17.5. The average molecular weight is 404 g/mol. The van der Waals surface area contributed by atoms with Crippen LogP contribution < -0.4 is 9.47 Å². The maximum atomic E-state index is 13.3. The molecule has 30 heavy (non-hydrogen) atoms. The number of carbonyl (C=O) groups excluding carboxylic acids is 2. The first-order chi connectivity index (χ1) is 14.4. The maximum Gasteiger partial charge on any atom is 0.343 e. The van der Waals surface area contributed by atoms with Crippen LogP contribution in [-0.2, 0) is 4.74 Å². The molecule has 5 heteroatoms. The normalized spacial score (nSPS) is 11.5. The molecule has 0 aliphatic rings. The number of benzene rings is 3. The van der Waals surface area contributed by atoms with E-state index in [1.807, 2.05) is 38.1 Å². The molecule has 0 saturated carbocycles. The number of hydrogen-bond acceptors (Lipinski definition) is 5. The fourth-order valence-corrected chi connectivity index (χ4v) is 3.10. The molecule has 0 N–H and O–H groups in total. The Hall–Kier alpha value is -3.60. The lowest BCUT2D eigenvalue weighted by atomic mass is 9.98. The summed E-state index contributed by atoms with van der Waals surface area (Å²) in [5, 5.41) is 0. The molecular formula is C25H24O5. The number of ether oxygens (including phenoxy) is 3. The summed E-state index contributed by atoms with van der Waals surface area (Å²) in [5.41, 5.74) is 3.33. The van der Waals surface area contributed by atoms with Crippen LogP contribution in [0, 0.1) is 13.8 Å². The van der Waals surface area contributed by atoms with Crippen molar-refractivity contribution < 1.29 is 23.8 Å². The topological polar surface area (TPSA) is 61.8 Å². The monoisotopic (exact) mass is 404 g/mol. The van der Waals surface area contributed by atoms with Gasteiger partial charge in [-0.15, -0.1) is 0 Å². The van der Waals surface area contributed by atoms with Crippen molar-refractivity contribution in [3.05, 3.63) is 94.5 Å². The van der Waals surface area contributed by atoms with Crippen LogP contribution in [-0.4, -0.2) is 26.0 Å². The van der Waals surface area contributed by atoms with E-state index in [-0.39, 0.29) is 17.1 Å². The average Bonchev–Trinajstić information content (AvgIpc) is 2.77. The molecule has 0 unspecified atom stereocenters. The van der Waals surface area contributed by atoms with Crippen LogP contribution in [0.2, 0.25) is 0 Å². The molecule has 0 amide bonds. The highest BCUT2D eigenvalue weighted by atomic mass is 16.6. The highest BCUT2D eigenvalue weighted by Crippen LogP contribution is 2.33. The van der Waals surface area contributed by atoms with E-state index in [4.69, 9.17) is 14.2 Å². The number of Topliss-reactive ketones (excluding diaryl/α,β-unsaturated/α-hetero) is 1. The fraction of sp³-hybridized carbons (Fsp3) is 0.200. The van der Waals surface area contributed by atoms with Crippen molar-refractivity contribution in [1.82, 2.24) is 0 Å². The number of hydrogen-bond donors (Lipinski definition) is 0. The first kappa shape index (κ1) is 21.1. The minimum atomic E-state index is -1.09. The molecular weight excluding hydrogens is 380 g/mol. The van der Waals surface area contributed by atoms with Crippen LogP contribution in [0.3, 0.4) is 0 Å². The number of para-hydroxylation sites is 1. The Labute approximate surface area is 176 Å². The molecule has 1 atom stereocenters. The number of aryl methyl sites for hydroxylation is 2. The van der Waals surface area contributed by atoms with E-state index in [0.29, 0.717) is 16.9 Å². The Morgan fingerprint density at radius 1 is 0.767 bits per heavy atom. The van der Waals surface area contributed by atoms with E-state index < -0.39 is 12.1 Å². The van der Waals surface area contributed by atoms with Crippen molar-refractivity contribution in [1.29, 1.82) is 0 Å². The van der Waals surface area contributed by atoms with Gasteiger partial charge in [0.05, 0.1) is 14.2 Å². The zero-order valence-corrected chi connectivity index (χ0v) is 17.5. The smallest absolute Gasteiger partial charge is 0.343 e. The first-order valence-corrected chi connectivity index (χ1v) is 9.54. The van der Waals surface area contributed by atoms with E-state index in [9.17, 15) is 9.59 Å². The van der Waals surface area contributed by atoms with E-state index in [1.165, 1.54) is 14.2 Å². The number of esters is 1. The van der Waals surface area contributed by atoms with Crippen molar-refractivity contribution in [2.45, 2.75) is 20.0 Å². The third-order valence-electron chi connectivity index (χ3n) is 4.80. The van der Waals surface area contributed by atoms with Crippen LogP contribution in [0.5, 0.6) is 11.5 Å². The molecule has 0 spiro atoms. The summed E-state index contributed by atoms with van der Waals surface area (Å²) in [6.45, 7) is 3.90. The lowest BCUT2D eigenvalue weighted by molar-refractivity contribution is 0.0276. The lowest BCUT2D eigenvalue weighted by Crippen LogP contribution is -2.21. The van der Waals surface area contributed by atoms with Gasteiger partial charge >= 0.3 is 5.97 Å². The summed E-state index contributed by atoms with van der Waals surface area (Å²) >= 11 is 0. The van der Waals surface area contributed by atoms with Gasteiger partial charge in [0.25, 0.3) is 0 Å². The van der Waals surface area contributed by atoms with Crippen molar-refractivity contribution in [2.75, 3.05) is 14.2 Å². The molecule has 0 bridgehead atoms. The van der Waals surface area contributed by atoms with Crippen molar-refractivity contribution in [3.8, 4) is 11.5 Å². The highest BCUT2D eigenvalue weighted by Gasteiger charge is 2.28. The Morgan fingerprint density at radius 2 is 1.37 bits per heavy atom. The summed E-state index contributed by atoms with van der Waals surface area (Å²) in [7, 11) is 2.94. The highest BCUT2D eigenvalue weighted by molar-refractivity contribution is 6.02. The molecule has 0 radical (unpaired) electrons. The van der Waals surface area contributed by atoms with Gasteiger partial charge in [0, 0.05) is 11.1 Å². The molecule has 0 aliphatic carbocycles. The molecule has 3 aromatic carbocycles. The van der Waals surface area contributed by atoms with E-state index in [2.05, 4.69) is 0 Å². The SMILES string of the molecule is COc1cccc(C(=O)O[C@@H](C(=O)c2ccc(C)cc2)c2ccc(C)cc2)c1OC. The van der Waals surface area contributed by atoms with Gasteiger partial charge in [-0.2, -0.15) is 0 Å². The van der Waals surface area contributed by atoms with Gasteiger partial charge < -0.3 is 14.2 Å². The van der Waals surface area contributed by atoms with E-state index in [1.54, 1.807) is 42.5 Å². The predicted molar refractivity (Wildman–Crippen MR) is 114 cm³/mol. The second kappa shape index (κ2) is 9.27. The summed E-state index contributed by atoms with van der Waals surface area (Å²) < 4.78 is 16.3. The van der Waals surface area contributed by atoms with Crippen LogP contribution in [0.4, 0.5) is 0 Å². The van der Waals surface area contributed by atoms with Crippen LogP contribution in [0.15, 0.2) is 66.7 Å². The van der Waals surface area contributed by atoms with Crippen molar-refractivity contribution in [2.24, 2.45) is 0 Å². The Morgan fingerprint density at radius 3 is 1.93 bits per heavy atom. The molecule has 0 saturated heterocycles. The molecule has 0 aromatic heterocycles. The molecule has 5 nitrogen and oxygen atoms in total. The predicted octanol–water partition coefficient (Wildman–Crippen LogP) is 5.10. The zero-order chi connectivity index (χ0) is 21.7. The molecule has 0 heterocycles. The second-order valence-electron chi connectivity index (χ2n) is 6.97. The first-order valence-electron chi connectivity index (χ1n) is 9.54. The third kappa shape index (κ3) is 4.51. The quantitative estimate of drug-likeness (QED) is 0.405. The van der Waals surface area contributed by atoms with E-state index in [0.717, 1.165) is 11.1 Å². The number of rotatable bonds is 7. The number of carbonyl (C=O) groups is 2. The Balaban J connectivity index is 1.99. The van der Waals surface area contributed by atoms with Gasteiger partial charge in [-0.3, -0.25) is 4.79 Å². The number of ketones is 1. The molecule has 3 rings (SSSR count). The largest absolute Gasteiger partial charge is 0.493 e. The minimum absolute atomic E-state index is 0.186. The Bertz CT molecular complexity index is 1040. The second-order valence-corrected chi connectivity index (χ2v) is 6.97. The van der Waals surface area contributed by atoms with Gasteiger partial charge in [0.15, 0.2) is 17.6 Å². The molecule has 0 aliphatic heterocycles. The summed E-state index contributed by atoms with van der Waals surface area (Å²) in [6.07, 6.45) is -1.09. The van der Waals surface area contributed by atoms with Crippen LogP contribution in [0.25, 0.3) is 0 Å². The molecule has 0 fully saturated rings. The van der Waals surface area contributed by atoms with Gasteiger partial charge in [0.1, 0.15) is 5.56 Å². The van der Waals surface area contributed by atoms with Gasteiger partial charge in [-0.05, 0) is 26.0 Å². The van der Waals surface area contributed by atoms with Crippen molar-refractivity contribution in [3.63, 3.8) is 0 Å². The summed E-state index contributed by atoms with van der Waals surface area (Å²) in [6, 6.07) is 19.5. The lowest BCUT2D eigenvalue weighted by Gasteiger charge is -2.19. The molecule has 3 aromatic rings. The van der Waals surface area contributed by atoms with Crippen molar-refractivity contribution >= 4 is 11.8 Å². The molecule has 154 valence electrons. The number of methoxy groups -OCH3 is 2. The van der Waals surface area contributed by atoms with Gasteiger partial charge in [-0.25, -0.2) is 4.79 Å². The standard InChI is InChI=1S/C25H24O5/c1-16-8-12-18(13-9-16)22(26)23(19-14-10-17(2)11-15-19)30-25(27)20-6-5-7-21(28-3)24(20)29-4/h5-15,23H,1-4H3/t23-/m1/s1. The maximum absolute atomic E-state index is 13.3. The minimum Gasteiger partial charge on any atom is -0.493 e. The van der Waals surface area contributed by atoms with Crippen LogP contribution >= 0.6 is 0 Å². The third-order valence-corrected chi connectivity index (χ3v) is 4.80. The van der Waals surface area contributed by atoms with Gasteiger partial charge in [0.2, 0.25) is 5.78 Å². The Kier molecular flexibility index (Phi) is 6.52. The van der Waals surface area contributed by atoms with Crippen LogP contribution in [0.1, 0.15) is 43.5 Å². The summed E-state index contributed by atoms with van der Waals surface area (Å²) in [4.78, 5) is 26.3. The van der Waals surface area contributed by atoms with E-state index >= 15 is 0 Å². The summed E-state index contributed by atoms with van der Waals surface area (Å²) in [5.74, 6) is -0.301. The van der Waals surface area contributed by atoms with Gasteiger partial charge in [-0.1, -0.05) is 65.7 Å². The fourth-order valence-electron chi connectivity index (χ4n) is 3.10.